The van der Waals surface area contributed by atoms with Gasteiger partial charge in [0.2, 0.25) is 0 Å². The molecular formula is C13H20F2N2. The van der Waals surface area contributed by atoms with Crippen molar-refractivity contribution in [2.75, 3.05) is 20.6 Å². The van der Waals surface area contributed by atoms with Crippen LogP contribution < -0.4 is 5.32 Å². The van der Waals surface area contributed by atoms with Gasteiger partial charge in [-0.2, -0.15) is 0 Å². The first-order valence-electron chi connectivity index (χ1n) is 5.74. The highest BCUT2D eigenvalue weighted by Gasteiger charge is 2.20. The summed E-state index contributed by atoms with van der Waals surface area (Å²) >= 11 is 0. The molecule has 0 aliphatic carbocycles. The molecule has 0 saturated heterocycles. The predicted molar refractivity (Wildman–Crippen MR) is 66.3 cm³/mol. The van der Waals surface area contributed by atoms with Gasteiger partial charge in [0.1, 0.15) is 0 Å². The van der Waals surface area contributed by atoms with E-state index in [1.165, 1.54) is 6.92 Å². The van der Waals surface area contributed by atoms with E-state index >= 15 is 0 Å². The summed E-state index contributed by atoms with van der Waals surface area (Å²) in [5.74, 6) is 0. The Morgan fingerprint density at radius 2 is 1.76 bits per heavy atom. The van der Waals surface area contributed by atoms with Crippen molar-refractivity contribution in [2.24, 2.45) is 0 Å². The van der Waals surface area contributed by atoms with Gasteiger partial charge in [0.15, 0.2) is 0 Å². The SMILES string of the molecule is CC(NC(CN(C)C)c1ccccc1)C(F)F. The lowest BCUT2D eigenvalue weighted by molar-refractivity contribution is 0.0972. The molecular weight excluding hydrogens is 222 g/mol. The first-order valence-corrected chi connectivity index (χ1v) is 5.74. The highest BCUT2D eigenvalue weighted by atomic mass is 19.3. The Morgan fingerprint density at radius 3 is 2.24 bits per heavy atom. The summed E-state index contributed by atoms with van der Waals surface area (Å²) in [7, 11) is 3.87. The van der Waals surface area contributed by atoms with Crippen molar-refractivity contribution in [3.63, 3.8) is 0 Å². The molecule has 0 aromatic heterocycles. The third-order valence-corrected chi connectivity index (χ3v) is 2.59. The van der Waals surface area contributed by atoms with E-state index in [2.05, 4.69) is 5.32 Å². The van der Waals surface area contributed by atoms with Crippen molar-refractivity contribution in [3.8, 4) is 0 Å². The number of likely N-dealkylation sites (N-methyl/N-ethyl adjacent to an activating group) is 1. The van der Waals surface area contributed by atoms with Gasteiger partial charge < -0.3 is 10.2 Å². The Balaban J connectivity index is 2.74. The van der Waals surface area contributed by atoms with Crippen molar-refractivity contribution in [1.82, 2.24) is 10.2 Å². The second-order valence-electron chi connectivity index (χ2n) is 4.52. The second-order valence-corrected chi connectivity index (χ2v) is 4.52. The van der Waals surface area contributed by atoms with Crippen LogP contribution in [-0.2, 0) is 0 Å². The summed E-state index contributed by atoms with van der Waals surface area (Å²) in [6, 6.07) is 8.81. The summed E-state index contributed by atoms with van der Waals surface area (Å²) in [6.45, 7) is 2.21. The molecule has 1 N–H and O–H groups in total. The molecule has 0 saturated carbocycles. The van der Waals surface area contributed by atoms with E-state index in [-0.39, 0.29) is 6.04 Å². The number of benzene rings is 1. The van der Waals surface area contributed by atoms with E-state index in [9.17, 15) is 8.78 Å². The molecule has 17 heavy (non-hydrogen) atoms. The lowest BCUT2D eigenvalue weighted by Gasteiger charge is -2.26. The molecule has 0 spiro atoms. The van der Waals surface area contributed by atoms with Crippen molar-refractivity contribution >= 4 is 0 Å². The summed E-state index contributed by atoms with van der Waals surface area (Å²) in [5.41, 5.74) is 1.04. The predicted octanol–water partition coefficient (Wildman–Crippen LogP) is 2.53. The molecule has 1 aromatic carbocycles. The van der Waals surface area contributed by atoms with Crippen LogP contribution in [0.4, 0.5) is 8.78 Å². The van der Waals surface area contributed by atoms with Crippen LogP contribution in [0.5, 0.6) is 0 Å². The van der Waals surface area contributed by atoms with Crippen LogP contribution in [0.15, 0.2) is 30.3 Å². The van der Waals surface area contributed by atoms with Crippen LogP contribution >= 0.6 is 0 Å². The Morgan fingerprint density at radius 1 is 1.18 bits per heavy atom. The van der Waals surface area contributed by atoms with Crippen LogP contribution in [-0.4, -0.2) is 38.0 Å². The van der Waals surface area contributed by atoms with E-state index in [0.717, 1.165) is 5.56 Å². The molecule has 0 radical (unpaired) electrons. The zero-order valence-corrected chi connectivity index (χ0v) is 10.5. The first-order chi connectivity index (χ1) is 8.00. The number of alkyl halides is 2. The van der Waals surface area contributed by atoms with Crippen molar-refractivity contribution in [1.29, 1.82) is 0 Å². The van der Waals surface area contributed by atoms with Crippen molar-refractivity contribution < 1.29 is 8.78 Å². The molecule has 0 bridgehead atoms. The van der Waals surface area contributed by atoms with Gasteiger partial charge in [-0.05, 0) is 26.6 Å². The maximum atomic E-state index is 12.6. The minimum Gasteiger partial charge on any atom is -0.308 e. The van der Waals surface area contributed by atoms with Crippen LogP contribution in [0.3, 0.4) is 0 Å². The highest BCUT2D eigenvalue weighted by molar-refractivity contribution is 5.19. The Kier molecular flexibility index (Phi) is 5.51. The maximum absolute atomic E-state index is 12.6. The summed E-state index contributed by atoms with van der Waals surface area (Å²) < 4.78 is 25.1. The minimum absolute atomic E-state index is 0.0739. The topological polar surface area (TPSA) is 15.3 Å². The summed E-state index contributed by atoms with van der Waals surface area (Å²) in [4.78, 5) is 1.99. The average Bonchev–Trinajstić information content (AvgIpc) is 2.28. The van der Waals surface area contributed by atoms with Gasteiger partial charge in [0.25, 0.3) is 6.43 Å². The number of rotatable bonds is 6. The van der Waals surface area contributed by atoms with Gasteiger partial charge in [0.05, 0.1) is 6.04 Å². The number of halogens is 2. The Hall–Kier alpha value is -1.00. The molecule has 0 amide bonds. The number of nitrogens with zero attached hydrogens (tertiary/aromatic N) is 1. The van der Waals surface area contributed by atoms with Crippen LogP contribution in [0.1, 0.15) is 18.5 Å². The summed E-state index contributed by atoms with van der Waals surface area (Å²) in [5, 5.41) is 2.97. The van der Waals surface area contributed by atoms with E-state index < -0.39 is 12.5 Å². The standard InChI is InChI=1S/C13H20F2N2/c1-10(13(14)15)16-12(9-17(2)3)11-7-5-4-6-8-11/h4-8,10,12-13,16H,9H2,1-3H3. The Labute approximate surface area is 102 Å². The molecule has 2 unspecified atom stereocenters. The smallest absolute Gasteiger partial charge is 0.253 e. The zero-order valence-electron chi connectivity index (χ0n) is 10.5. The molecule has 0 fully saturated rings. The summed E-state index contributed by atoms with van der Waals surface area (Å²) in [6.07, 6.45) is -2.34. The molecule has 0 heterocycles. The molecule has 2 nitrogen and oxygen atoms in total. The molecule has 1 aromatic rings. The van der Waals surface area contributed by atoms with Gasteiger partial charge in [-0.1, -0.05) is 30.3 Å². The zero-order chi connectivity index (χ0) is 12.8. The van der Waals surface area contributed by atoms with Gasteiger partial charge in [-0.25, -0.2) is 8.78 Å². The molecule has 4 heteroatoms. The van der Waals surface area contributed by atoms with E-state index in [0.29, 0.717) is 6.54 Å². The lowest BCUT2D eigenvalue weighted by Crippen LogP contribution is -2.40. The number of hydrogen-bond acceptors (Lipinski definition) is 2. The lowest BCUT2D eigenvalue weighted by atomic mass is 10.1. The fraction of sp³-hybridized carbons (Fsp3) is 0.538. The Bertz CT molecular complexity index is 314. The van der Waals surface area contributed by atoms with Crippen LogP contribution in [0.2, 0.25) is 0 Å². The molecule has 96 valence electrons. The number of nitrogens with one attached hydrogen (secondary N) is 1. The number of hydrogen-bond donors (Lipinski definition) is 1. The molecule has 2 atom stereocenters. The van der Waals surface area contributed by atoms with Gasteiger partial charge in [-0.3, -0.25) is 0 Å². The van der Waals surface area contributed by atoms with Gasteiger partial charge in [-0.15, -0.1) is 0 Å². The van der Waals surface area contributed by atoms with Crippen molar-refractivity contribution in [3.05, 3.63) is 35.9 Å². The first kappa shape index (κ1) is 14.1. The second kappa shape index (κ2) is 6.67. The van der Waals surface area contributed by atoms with Gasteiger partial charge >= 0.3 is 0 Å². The minimum atomic E-state index is -2.34. The van der Waals surface area contributed by atoms with Gasteiger partial charge in [0, 0.05) is 12.6 Å². The molecule has 1 rings (SSSR count). The largest absolute Gasteiger partial charge is 0.308 e. The van der Waals surface area contributed by atoms with Crippen LogP contribution in [0.25, 0.3) is 0 Å². The molecule has 0 aliphatic heterocycles. The fourth-order valence-electron chi connectivity index (χ4n) is 1.69. The average molecular weight is 242 g/mol. The molecule has 0 aliphatic rings. The van der Waals surface area contributed by atoms with E-state index in [1.54, 1.807) is 0 Å². The van der Waals surface area contributed by atoms with Crippen LogP contribution in [0, 0.1) is 0 Å². The monoisotopic (exact) mass is 242 g/mol. The third-order valence-electron chi connectivity index (χ3n) is 2.59. The highest BCUT2D eigenvalue weighted by Crippen LogP contribution is 2.15. The van der Waals surface area contributed by atoms with E-state index in [4.69, 9.17) is 0 Å². The van der Waals surface area contributed by atoms with E-state index in [1.807, 2.05) is 49.3 Å². The quantitative estimate of drug-likeness (QED) is 0.824. The maximum Gasteiger partial charge on any atom is 0.253 e. The third kappa shape index (κ3) is 4.79. The fourth-order valence-corrected chi connectivity index (χ4v) is 1.69. The van der Waals surface area contributed by atoms with Crippen molar-refractivity contribution in [2.45, 2.75) is 25.4 Å². The normalized spacial score (nSPS) is 15.2.